The van der Waals surface area contributed by atoms with Gasteiger partial charge < -0.3 is 9.90 Å². The van der Waals surface area contributed by atoms with Gasteiger partial charge in [-0.1, -0.05) is 13.8 Å². The first-order valence-corrected chi connectivity index (χ1v) is 4.77. The lowest BCUT2D eigenvalue weighted by molar-refractivity contribution is -0.384. The lowest BCUT2D eigenvalue weighted by Crippen LogP contribution is -2.23. The maximum atomic E-state index is 10.7. The number of carbonyl (C=O) groups excluding carboxylic acids is 1. The van der Waals surface area contributed by atoms with Crippen LogP contribution in [-0.4, -0.2) is 16.3 Å². The number of aliphatic hydroxyl groups is 1. The SMILES string of the molecule is CC(C)(C=O)C(O)c1ccc([N+](=O)[O-])cc1. The quantitative estimate of drug-likeness (QED) is 0.480. The summed E-state index contributed by atoms with van der Waals surface area (Å²) < 4.78 is 0. The van der Waals surface area contributed by atoms with E-state index in [1.807, 2.05) is 0 Å². The molecule has 0 aliphatic rings. The van der Waals surface area contributed by atoms with Crippen LogP contribution in [0.25, 0.3) is 0 Å². The minimum atomic E-state index is -0.967. The number of rotatable bonds is 4. The molecule has 16 heavy (non-hydrogen) atoms. The minimum absolute atomic E-state index is 0.0418. The van der Waals surface area contributed by atoms with E-state index in [4.69, 9.17) is 0 Å². The fraction of sp³-hybridized carbons (Fsp3) is 0.364. The predicted molar refractivity (Wildman–Crippen MR) is 57.9 cm³/mol. The maximum absolute atomic E-state index is 10.7. The second kappa shape index (κ2) is 4.40. The van der Waals surface area contributed by atoms with Gasteiger partial charge in [0.25, 0.3) is 5.69 Å². The van der Waals surface area contributed by atoms with E-state index in [1.54, 1.807) is 13.8 Å². The first-order chi connectivity index (χ1) is 7.38. The van der Waals surface area contributed by atoms with Gasteiger partial charge in [-0.05, 0) is 17.7 Å². The summed E-state index contributed by atoms with van der Waals surface area (Å²) in [6.07, 6.45) is -0.301. The number of nitro benzene ring substituents is 1. The van der Waals surface area contributed by atoms with Gasteiger partial charge in [-0.3, -0.25) is 10.1 Å². The van der Waals surface area contributed by atoms with Crippen molar-refractivity contribution in [3.8, 4) is 0 Å². The third kappa shape index (κ3) is 2.43. The highest BCUT2D eigenvalue weighted by molar-refractivity contribution is 5.60. The highest BCUT2D eigenvalue weighted by atomic mass is 16.6. The maximum Gasteiger partial charge on any atom is 0.269 e. The first-order valence-electron chi connectivity index (χ1n) is 4.77. The Morgan fingerprint density at radius 3 is 2.25 bits per heavy atom. The molecule has 0 amide bonds. The van der Waals surface area contributed by atoms with Gasteiger partial charge in [0.05, 0.1) is 16.4 Å². The van der Waals surface area contributed by atoms with Crippen molar-refractivity contribution in [2.24, 2.45) is 5.41 Å². The summed E-state index contributed by atoms with van der Waals surface area (Å²) in [5, 5.41) is 20.3. The van der Waals surface area contributed by atoms with Crippen molar-refractivity contribution < 1.29 is 14.8 Å². The van der Waals surface area contributed by atoms with E-state index in [9.17, 15) is 20.0 Å². The van der Waals surface area contributed by atoms with Gasteiger partial charge in [0, 0.05) is 12.1 Å². The smallest absolute Gasteiger partial charge is 0.269 e. The molecule has 5 nitrogen and oxygen atoms in total. The number of aliphatic hydroxyl groups excluding tert-OH is 1. The van der Waals surface area contributed by atoms with Gasteiger partial charge in [0.15, 0.2) is 0 Å². The van der Waals surface area contributed by atoms with Crippen molar-refractivity contribution in [1.29, 1.82) is 0 Å². The zero-order valence-corrected chi connectivity index (χ0v) is 9.08. The summed E-state index contributed by atoms with van der Waals surface area (Å²) in [5.74, 6) is 0. The molecule has 1 unspecified atom stereocenters. The van der Waals surface area contributed by atoms with Crippen LogP contribution in [0, 0.1) is 15.5 Å². The van der Waals surface area contributed by atoms with Gasteiger partial charge in [0.1, 0.15) is 6.29 Å². The first kappa shape index (κ1) is 12.3. The van der Waals surface area contributed by atoms with E-state index in [-0.39, 0.29) is 5.69 Å². The lowest BCUT2D eigenvalue weighted by Gasteiger charge is -2.24. The molecule has 0 fully saturated rings. The lowest BCUT2D eigenvalue weighted by atomic mass is 9.84. The highest BCUT2D eigenvalue weighted by Gasteiger charge is 2.28. The van der Waals surface area contributed by atoms with Crippen LogP contribution < -0.4 is 0 Å². The molecular weight excluding hydrogens is 210 g/mol. The van der Waals surface area contributed by atoms with E-state index in [2.05, 4.69) is 0 Å². The predicted octanol–water partition coefficient (Wildman–Crippen LogP) is 1.85. The monoisotopic (exact) mass is 223 g/mol. The number of hydrogen-bond donors (Lipinski definition) is 1. The van der Waals surface area contributed by atoms with Crippen LogP contribution >= 0.6 is 0 Å². The summed E-state index contributed by atoms with van der Waals surface area (Å²) in [4.78, 5) is 20.7. The molecule has 0 saturated heterocycles. The van der Waals surface area contributed by atoms with Crippen molar-refractivity contribution in [3.63, 3.8) is 0 Å². The molecule has 5 heteroatoms. The number of non-ortho nitro benzene ring substituents is 1. The Kier molecular flexibility index (Phi) is 3.39. The van der Waals surface area contributed by atoms with E-state index in [1.165, 1.54) is 24.3 Å². The van der Waals surface area contributed by atoms with Crippen molar-refractivity contribution in [2.75, 3.05) is 0 Å². The minimum Gasteiger partial charge on any atom is -0.387 e. The van der Waals surface area contributed by atoms with Gasteiger partial charge in [-0.25, -0.2) is 0 Å². The molecule has 0 aliphatic carbocycles. The van der Waals surface area contributed by atoms with Crippen LogP contribution in [0.3, 0.4) is 0 Å². The molecule has 0 bridgehead atoms. The molecule has 1 aromatic rings. The third-order valence-corrected chi connectivity index (χ3v) is 2.43. The number of hydrogen-bond acceptors (Lipinski definition) is 4. The van der Waals surface area contributed by atoms with Gasteiger partial charge in [-0.2, -0.15) is 0 Å². The Morgan fingerprint density at radius 1 is 1.38 bits per heavy atom. The number of carbonyl (C=O) groups is 1. The molecule has 0 spiro atoms. The topological polar surface area (TPSA) is 80.4 Å². The fourth-order valence-electron chi connectivity index (χ4n) is 1.27. The largest absolute Gasteiger partial charge is 0.387 e. The van der Waals surface area contributed by atoms with E-state index in [0.29, 0.717) is 11.8 Å². The summed E-state index contributed by atoms with van der Waals surface area (Å²) in [6.45, 7) is 3.21. The summed E-state index contributed by atoms with van der Waals surface area (Å²) in [6, 6.07) is 5.51. The fourth-order valence-corrected chi connectivity index (χ4v) is 1.27. The van der Waals surface area contributed by atoms with Gasteiger partial charge >= 0.3 is 0 Å². The van der Waals surface area contributed by atoms with Crippen LogP contribution in [0.4, 0.5) is 5.69 Å². The summed E-state index contributed by atoms with van der Waals surface area (Å²) in [5.41, 5.74) is -0.460. The Labute approximate surface area is 92.9 Å². The third-order valence-electron chi connectivity index (χ3n) is 2.43. The molecule has 1 N–H and O–H groups in total. The standard InChI is InChI=1S/C11H13NO4/c1-11(2,7-13)10(14)8-3-5-9(6-4-8)12(15)16/h3-7,10,14H,1-2H3. The van der Waals surface area contributed by atoms with E-state index in [0.717, 1.165) is 0 Å². The van der Waals surface area contributed by atoms with Crippen molar-refractivity contribution >= 4 is 12.0 Å². The normalized spacial score (nSPS) is 13.2. The Bertz CT molecular complexity index is 397. The molecule has 1 aromatic carbocycles. The Morgan fingerprint density at radius 2 is 1.88 bits per heavy atom. The van der Waals surface area contributed by atoms with Gasteiger partial charge in [0.2, 0.25) is 0 Å². The van der Waals surface area contributed by atoms with Crippen molar-refractivity contribution in [1.82, 2.24) is 0 Å². The number of aldehydes is 1. The van der Waals surface area contributed by atoms with Crippen LogP contribution in [0.5, 0.6) is 0 Å². The summed E-state index contributed by atoms with van der Waals surface area (Å²) >= 11 is 0. The van der Waals surface area contributed by atoms with Crippen LogP contribution in [0.2, 0.25) is 0 Å². The van der Waals surface area contributed by atoms with Crippen LogP contribution in [0.15, 0.2) is 24.3 Å². The second-order valence-corrected chi connectivity index (χ2v) is 4.19. The highest BCUT2D eigenvalue weighted by Crippen LogP contribution is 2.31. The van der Waals surface area contributed by atoms with Gasteiger partial charge in [-0.15, -0.1) is 0 Å². The van der Waals surface area contributed by atoms with E-state index >= 15 is 0 Å². The Hall–Kier alpha value is -1.75. The summed E-state index contributed by atoms with van der Waals surface area (Å²) in [7, 11) is 0. The molecule has 86 valence electrons. The molecule has 0 aromatic heterocycles. The number of nitro groups is 1. The Balaban J connectivity index is 2.98. The molecule has 0 radical (unpaired) electrons. The van der Waals surface area contributed by atoms with E-state index < -0.39 is 16.4 Å². The zero-order chi connectivity index (χ0) is 12.3. The molecule has 1 rings (SSSR count). The second-order valence-electron chi connectivity index (χ2n) is 4.19. The number of nitrogens with zero attached hydrogens (tertiary/aromatic N) is 1. The van der Waals surface area contributed by atoms with Crippen LogP contribution in [0.1, 0.15) is 25.5 Å². The molecule has 0 heterocycles. The molecule has 1 atom stereocenters. The van der Waals surface area contributed by atoms with Crippen LogP contribution in [-0.2, 0) is 4.79 Å². The zero-order valence-electron chi connectivity index (χ0n) is 9.08. The number of benzene rings is 1. The average molecular weight is 223 g/mol. The average Bonchev–Trinajstić information content (AvgIpc) is 2.28. The molecule has 0 aliphatic heterocycles. The molecular formula is C11H13NO4. The van der Waals surface area contributed by atoms with Crippen molar-refractivity contribution in [3.05, 3.63) is 39.9 Å². The van der Waals surface area contributed by atoms with Crippen molar-refractivity contribution in [2.45, 2.75) is 20.0 Å². The molecule has 0 saturated carbocycles.